The Morgan fingerprint density at radius 1 is 1.12 bits per heavy atom. The third-order valence-corrected chi connectivity index (χ3v) is 3.18. The van der Waals surface area contributed by atoms with Crippen LogP contribution in [0.5, 0.6) is 0 Å². The molecule has 2 aromatic rings. The minimum atomic E-state index is 0.855. The van der Waals surface area contributed by atoms with Crippen LogP contribution < -0.4 is 0 Å². The smallest absolute Gasteiger partial charge is 0.0961 e. The topological polar surface area (TPSA) is 37.6 Å². The molecule has 80 valence electrons. The molecule has 3 heterocycles. The van der Waals surface area contributed by atoms with Crippen LogP contribution in [0.4, 0.5) is 5.69 Å². The Kier molecular flexibility index (Phi) is 1.61. The molecule has 1 aromatic heterocycles. The normalized spacial score (nSPS) is 16.5. The first-order chi connectivity index (χ1) is 8.42. The maximum absolute atomic E-state index is 4.67. The molecule has 3 heteroatoms. The second kappa shape index (κ2) is 3.10. The lowest BCUT2D eigenvalue weighted by Gasteiger charge is -2.14. The van der Waals surface area contributed by atoms with E-state index in [1.54, 1.807) is 0 Å². The minimum Gasteiger partial charge on any atom is -0.259 e. The van der Waals surface area contributed by atoms with Crippen LogP contribution in [0.3, 0.4) is 0 Å². The molecule has 3 nitrogen and oxygen atoms in total. The Hall–Kier alpha value is -2.29. The van der Waals surface area contributed by atoms with E-state index < -0.39 is 0 Å². The van der Waals surface area contributed by atoms with E-state index in [1.165, 1.54) is 5.56 Å². The van der Waals surface area contributed by atoms with Gasteiger partial charge in [-0.1, -0.05) is 18.2 Å². The summed E-state index contributed by atoms with van der Waals surface area (Å²) in [5.74, 6) is 0. The summed E-state index contributed by atoms with van der Waals surface area (Å²) in [6, 6.07) is 8.25. The van der Waals surface area contributed by atoms with E-state index in [9.17, 15) is 0 Å². The van der Waals surface area contributed by atoms with Crippen molar-refractivity contribution in [3.63, 3.8) is 0 Å². The van der Waals surface area contributed by atoms with Gasteiger partial charge in [-0.2, -0.15) is 0 Å². The summed E-state index contributed by atoms with van der Waals surface area (Å²) in [7, 11) is 0. The van der Waals surface area contributed by atoms with Gasteiger partial charge in [0.25, 0.3) is 0 Å². The molecular formula is C14H9N3. The van der Waals surface area contributed by atoms with Crippen LogP contribution in [0.15, 0.2) is 52.7 Å². The van der Waals surface area contributed by atoms with Crippen LogP contribution in [-0.4, -0.2) is 16.4 Å². The van der Waals surface area contributed by atoms with Gasteiger partial charge >= 0.3 is 0 Å². The second-order valence-electron chi connectivity index (χ2n) is 4.21. The van der Waals surface area contributed by atoms with Gasteiger partial charge in [0, 0.05) is 24.2 Å². The van der Waals surface area contributed by atoms with E-state index in [0.717, 1.165) is 34.4 Å². The van der Waals surface area contributed by atoms with E-state index in [4.69, 9.17) is 0 Å². The first-order valence-corrected chi connectivity index (χ1v) is 5.61. The number of rotatable bonds is 0. The molecule has 0 fully saturated rings. The average Bonchev–Trinajstić information content (AvgIpc) is 2.83. The van der Waals surface area contributed by atoms with Crippen molar-refractivity contribution < 1.29 is 0 Å². The van der Waals surface area contributed by atoms with E-state index in [2.05, 4.69) is 33.2 Å². The second-order valence-corrected chi connectivity index (χ2v) is 4.21. The van der Waals surface area contributed by atoms with Crippen molar-refractivity contribution >= 4 is 28.0 Å². The van der Waals surface area contributed by atoms with Crippen molar-refractivity contribution in [3.05, 3.63) is 48.3 Å². The van der Waals surface area contributed by atoms with Crippen molar-refractivity contribution in [2.45, 2.75) is 6.42 Å². The number of fused-ring (bicyclic) bond motifs is 4. The predicted molar refractivity (Wildman–Crippen MR) is 69.1 cm³/mol. The maximum atomic E-state index is 4.67. The van der Waals surface area contributed by atoms with Crippen LogP contribution >= 0.6 is 0 Å². The number of pyridine rings is 1. The SMILES string of the molecule is C1=CC2=Nc3c(ccc4cccnc34)CC2=N1. The van der Waals surface area contributed by atoms with Crippen LogP contribution in [0, 0.1) is 0 Å². The molecule has 0 radical (unpaired) electrons. The van der Waals surface area contributed by atoms with Gasteiger partial charge in [-0.15, -0.1) is 0 Å². The summed E-state index contributed by atoms with van der Waals surface area (Å²) < 4.78 is 0. The van der Waals surface area contributed by atoms with Crippen LogP contribution in [0.2, 0.25) is 0 Å². The summed E-state index contributed by atoms with van der Waals surface area (Å²) in [6.07, 6.45) is 6.44. The Bertz CT molecular complexity index is 723. The number of hydrogen-bond donors (Lipinski definition) is 0. The van der Waals surface area contributed by atoms with Gasteiger partial charge in [-0.05, 0) is 17.7 Å². The van der Waals surface area contributed by atoms with Gasteiger partial charge in [0.05, 0.1) is 22.6 Å². The first-order valence-electron chi connectivity index (χ1n) is 5.61. The fourth-order valence-corrected chi connectivity index (χ4v) is 2.34. The standard InChI is InChI=1S/C14H9N3/c1-2-9-3-4-10-8-12-11(5-7-15-12)17-14(10)13(9)16-6-1/h1-7H,8H2. The van der Waals surface area contributed by atoms with Gasteiger partial charge in [0.2, 0.25) is 0 Å². The van der Waals surface area contributed by atoms with Gasteiger partial charge in [0.1, 0.15) is 0 Å². The Balaban J connectivity index is 2.08. The van der Waals surface area contributed by atoms with E-state index in [-0.39, 0.29) is 0 Å². The molecule has 0 amide bonds. The average molecular weight is 219 g/mol. The van der Waals surface area contributed by atoms with Crippen LogP contribution in [0.25, 0.3) is 10.9 Å². The molecule has 0 spiro atoms. The molecule has 0 N–H and O–H groups in total. The molecule has 0 unspecified atom stereocenters. The maximum Gasteiger partial charge on any atom is 0.0961 e. The van der Waals surface area contributed by atoms with Crippen molar-refractivity contribution in [2.24, 2.45) is 9.98 Å². The van der Waals surface area contributed by atoms with Crippen molar-refractivity contribution in [1.29, 1.82) is 0 Å². The minimum absolute atomic E-state index is 0.855. The molecular weight excluding hydrogens is 210 g/mol. The lowest BCUT2D eigenvalue weighted by molar-refractivity contribution is 1.28. The largest absolute Gasteiger partial charge is 0.259 e. The van der Waals surface area contributed by atoms with Crippen LogP contribution in [-0.2, 0) is 6.42 Å². The first kappa shape index (κ1) is 8.82. The number of allylic oxidation sites excluding steroid dienone is 1. The quantitative estimate of drug-likeness (QED) is 0.671. The third kappa shape index (κ3) is 1.19. The fourth-order valence-electron chi connectivity index (χ4n) is 2.34. The highest BCUT2D eigenvalue weighted by Crippen LogP contribution is 2.33. The molecule has 0 aliphatic carbocycles. The lowest BCUT2D eigenvalue weighted by Crippen LogP contribution is -2.15. The van der Waals surface area contributed by atoms with Crippen molar-refractivity contribution in [3.8, 4) is 0 Å². The zero-order chi connectivity index (χ0) is 11.2. The molecule has 0 atom stereocenters. The van der Waals surface area contributed by atoms with Crippen molar-refractivity contribution in [1.82, 2.24) is 4.98 Å². The number of benzene rings is 1. The third-order valence-electron chi connectivity index (χ3n) is 3.18. The zero-order valence-corrected chi connectivity index (χ0v) is 9.09. The van der Waals surface area contributed by atoms with Crippen LogP contribution in [0.1, 0.15) is 5.56 Å². The van der Waals surface area contributed by atoms with E-state index >= 15 is 0 Å². The van der Waals surface area contributed by atoms with Gasteiger partial charge in [-0.25, -0.2) is 4.99 Å². The van der Waals surface area contributed by atoms with E-state index in [1.807, 2.05) is 24.5 Å². The molecule has 4 rings (SSSR count). The lowest BCUT2D eigenvalue weighted by atomic mass is 9.98. The number of hydrogen-bond acceptors (Lipinski definition) is 3. The Labute approximate surface area is 98.2 Å². The fraction of sp³-hybridized carbons (Fsp3) is 0.0714. The highest BCUT2D eigenvalue weighted by atomic mass is 14.9. The van der Waals surface area contributed by atoms with Gasteiger partial charge < -0.3 is 0 Å². The molecule has 2 aliphatic rings. The van der Waals surface area contributed by atoms with E-state index in [0.29, 0.717) is 0 Å². The predicted octanol–water partition coefficient (Wildman–Crippen LogP) is 2.83. The van der Waals surface area contributed by atoms with Gasteiger partial charge in [-0.3, -0.25) is 9.98 Å². The molecule has 0 saturated carbocycles. The number of aromatic nitrogens is 1. The number of aliphatic imine (C=N–C) groups is 2. The van der Waals surface area contributed by atoms with Gasteiger partial charge in [0.15, 0.2) is 0 Å². The summed E-state index contributed by atoms with van der Waals surface area (Å²) in [4.78, 5) is 13.4. The monoisotopic (exact) mass is 219 g/mol. The summed E-state index contributed by atoms with van der Waals surface area (Å²) in [5, 5.41) is 1.14. The highest BCUT2D eigenvalue weighted by Gasteiger charge is 2.20. The summed E-state index contributed by atoms with van der Waals surface area (Å²) in [6.45, 7) is 0. The molecule has 0 saturated heterocycles. The summed E-state index contributed by atoms with van der Waals surface area (Å²) >= 11 is 0. The highest BCUT2D eigenvalue weighted by molar-refractivity contribution is 6.49. The zero-order valence-electron chi connectivity index (χ0n) is 9.09. The molecule has 1 aromatic carbocycles. The van der Waals surface area contributed by atoms with Crippen molar-refractivity contribution in [2.75, 3.05) is 0 Å². The Morgan fingerprint density at radius 2 is 2.12 bits per heavy atom. The summed E-state index contributed by atoms with van der Waals surface area (Å²) in [5.41, 5.74) is 5.24. The Morgan fingerprint density at radius 3 is 3.12 bits per heavy atom. The molecule has 0 bridgehead atoms. The molecule has 17 heavy (non-hydrogen) atoms. The molecule has 2 aliphatic heterocycles. The number of nitrogens with zero attached hydrogens (tertiary/aromatic N) is 3.